The Kier molecular flexibility index (Phi) is 5.13. The van der Waals surface area contributed by atoms with Gasteiger partial charge in [0.05, 0.1) is 16.7 Å². The molecule has 1 aliphatic carbocycles. The fourth-order valence-electron chi connectivity index (χ4n) is 4.02. The molecule has 4 rings (SSSR count). The molecule has 1 amide bonds. The Morgan fingerprint density at radius 3 is 2.76 bits per heavy atom. The fraction of sp³-hybridized carbons (Fsp3) is 0.500. The number of benzene rings is 1. The maximum atomic E-state index is 12.7. The molecule has 1 saturated carbocycles. The Labute approximate surface area is 153 Å². The van der Waals surface area contributed by atoms with E-state index in [4.69, 9.17) is 4.98 Å². The van der Waals surface area contributed by atoms with Crippen LogP contribution >= 0.6 is 11.3 Å². The minimum atomic E-state index is -0.0446. The van der Waals surface area contributed by atoms with E-state index in [0.29, 0.717) is 5.92 Å². The number of amides is 1. The summed E-state index contributed by atoms with van der Waals surface area (Å²) in [5.74, 6) is 0.782. The number of hydrogen-bond donors (Lipinski definition) is 1. The monoisotopic (exact) mass is 355 g/mol. The lowest BCUT2D eigenvalue weighted by Crippen LogP contribution is -2.39. The summed E-state index contributed by atoms with van der Waals surface area (Å²) < 4.78 is 0. The van der Waals surface area contributed by atoms with Gasteiger partial charge in [-0.25, -0.2) is 4.98 Å². The highest BCUT2D eigenvalue weighted by Gasteiger charge is 2.31. The summed E-state index contributed by atoms with van der Waals surface area (Å²) in [5.41, 5.74) is 2.00. The Hall–Kier alpha value is -1.72. The first kappa shape index (κ1) is 16.7. The summed E-state index contributed by atoms with van der Waals surface area (Å²) in [4.78, 5) is 19.8. The summed E-state index contributed by atoms with van der Waals surface area (Å²) in [5, 5.41) is 6.55. The van der Waals surface area contributed by atoms with E-state index in [2.05, 4.69) is 15.6 Å². The summed E-state index contributed by atoms with van der Waals surface area (Å²) in [6.07, 6.45) is 7.27. The number of nitrogens with zero attached hydrogens (tertiary/aromatic N) is 2. The van der Waals surface area contributed by atoms with Gasteiger partial charge in [-0.3, -0.25) is 9.69 Å². The number of aromatic nitrogens is 1. The van der Waals surface area contributed by atoms with Crippen LogP contribution in [-0.4, -0.2) is 28.4 Å². The lowest BCUT2D eigenvalue weighted by Gasteiger charge is -2.22. The Morgan fingerprint density at radius 1 is 1.16 bits per heavy atom. The van der Waals surface area contributed by atoms with Gasteiger partial charge in [0.1, 0.15) is 0 Å². The predicted molar refractivity (Wildman–Crippen MR) is 102 cm³/mol. The van der Waals surface area contributed by atoms with Crippen LogP contribution in [0.25, 0.3) is 0 Å². The van der Waals surface area contributed by atoms with Crippen molar-refractivity contribution < 1.29 is 4.79 Å². The lowest BCUT2D eigenvalue weighted by atomic mass is 10.1. The van der Waals surface area contributed by atoms with E-state index in [1.807, 2.05) is 30.3 Å². The molecule has 1 aliphatic heterocycles. The van der Waals surface area contributed by atoms with Gasteiger partial charge in [-0.05, 0) is 44.4 Å². The topological polar surface area (TPSA) is 45.2 Å². The molecule has 25 heavy (non-hydrogen) atoms. The predicted octanol–water partition coefficient (Wildman–Crippen LogP) is 4.40. The summed E-state index contributed by atoms with van der Waals surface area (Å²) in [6, 6.07) is 9.68. The third-order valence-electron chi connectivity index (χ3n) is 5.35. The molecule has 2 heterocycles. The number of nitrogens with one attached hydrogen (secondary N) is 1. The van der Waals surface area contributed by atoms with E-state index >= 15 is 0 Å². The molecule has 1 atom stereocenters. The van der Waals surface area contributed by atoms with E-state index in [1.54, 1.807) is 11.3 Å². The zero-order chi connectivity index (χ0) is 17.1. The second kappa shape index (κ2) is 7.67. The largest absolute Gasteiger partial charge is 0.325 e. The average molecular weight is 356 g/mol. The average Bonchev–Trinajstić information content (AvgIpc) is 3.37. The second-order valence-corrected chi connectivity index (χ2v) is 8.03. The van der Waals surface area contributed by atoms with Crippen molar-refractivity contribution in [1.29, 1.82) is 0 Å². The maximum absolute atomic E-state index is 12.7. The van der Waals surface area contributed by atoms with Gasteiger partial charge in [0, 0.05) is 23.5 Å². The van der Waals surface area contributed by atoms with Gasteiger partial charge in [-0.2, -0.15) is 0 Å². The standard InChI is InChI=1S/C20H25N3OS/c24-19(21-16-9-2-1-3-10-16)18-11-6-12-23(18)13-17-14-25-20(22-17)15-7-4-5-8-15/h1-3,9-10,14-15,18H,4-8,11-13H2,(H,21,24)/t18-/m0/s1. The van der Waals surface area contributed by atoms with Crippen molar-refractivity contribution >= 4 is 22.9 Å². The number of likely N-dealkylation sites (tertiary alicyclic amines) is 1. The SMILES string of the molecule is O=C(Nc1ccccc1)[C@@H]1CCCN1Cc1csc(C2CCCC2)n1. The third kappa shape index (κ3) is 3.93. The molecule has 0 bridgehead atoms. The Morgan fingerprint density at radius 2 is 1.96 bits per heavy atom. The van der Waals surface area contributed by atoms with Gasteiger partial charge >= 0.3 is 0 Å². The van der Waals surface area contributed by atoms with Crippen molar-refractivity contribution in [2.45, 2.75) is 57.0 Å². The number of carbonyl (C=O) groups excluding carboxylic acids is 1. The molecule has 2 fully saturated rings. The number of para-hydroxylation sites is 1. The van der Waals surface area contributed by atoms with Crippen LogP contribution in [0.3, 0.4) is 0 Å². The number of hydrogen-bond acceptors (Lipinski definition) is 4. The smallest absolute Gasteiger partial charge is 0.241 e. The normalized spacial score (nSPS) is 21.7. The van der Waals surface area contributed by atoms with Crippen LogP contribution in [0, 0.1) is 0 Å². The van der Waals surface area contributed by atoms with E-state index in [9.17, 15) is 4.79 Å². The molecule has 1 aromatic heterocycles. The first-order chi connectivity index (χ1) is 12.3. The van der Waals surface area contributed by atoms with Crippen LogP contribution in [0.2, 0.25) is 0 Å². The van der Waals surface area contributed by atoms with Gasteiger partial charge in [0.15, 0.2) is 0 Å². The highest BCUT2D eigenvalue weighted by atomic mass is 32.1. The van der Waals surface area contributed by atoms with Crippen molar-refractivity contribution in [1.82, 2.24) is 9.88 Å². The first-order valence-electron chi connectivity index (χ1n) is 9.34. The zero-order valence-electron chi connectivity index (χ0n) is 14.5. The molecule has 2 aliphatic rings. The molecule has 2 aromatic rings. The van der Waals surface area contributed by atoms with Crippen LogP contribution < -0.4 is 5.32 Å². The number of carbonyl (C=O) groups is 1. The molecule has 1 saturated heterocycles. The molecule has 1 N–H and O–H groups in total. The fourth-order valence-corrected chi connectivity index (χ4v) is 5.01. The summed E-state index contributed by atoms with van der Waals surface area (Å²) in [6.45, 7) is 1.76. The minimum absolute atomic E-state index is 0.0446. The number of thiazole rings is 1. The molecule has 4 nitrogen and oxygen atoms in total. The van der Waals surface area contributed by atoms with Crippen molar-refractivity contribution in [3.8, 4) is 0 Å². The van der Waals surface area contributed by atoms with E-state index in [1.165, 1.54) is 30.7 Å². The Bertz CT molecular complexity index is 709. The highest BCUT2D eigenvalue weighted by Crippen LogP contribution is 2.36. The Balaban J connectivity index is 1.38. The van der Waals surface area contributed by atoms with E-state index in [-0.39, 0.29) is 11.9 Å². The second-order valence-electron chi connectivity index (χ2n) is 7.14. The zero-order valence-corrected chi connectivity index (χ0v) is 15.3. The van der Waals surface area contributed by atoms with E-state index < -0.39 is 0 Å². The van der Waals surface area contributed by atoms with Gasteiger partial charge < -0.3 is 5.32 Å². The van der Waals surface area contributed by atoms with Crippen LogP contribution in [0.4, 0.5) is 5.69 Å². The van der Waals surface area contributed by atoms with Gasteiger partial charge in [-0.1, -0.05) is 31.0 Å². The maximum Gasteiger partial charge on any atom is 0.241 e. The summed E-state index contributed by atoms with van der Waals surface area (Å²) >= 11 is 1.80. The quantitative estimate of drug-likeness (QED) is 0.864. The van der Waals surface area contributed by atoms with Crippen molar-refractivity contribution in [2.24, 2.45) is 0 Å². The van der Waals surface area contributed by atoms with Crippen LogP contribution in [0.1, 0.15) is 55.1 Å². The van der Waals surface area contributed by atoms with Gasteiger partial charge in [-0.15, -0.1) is 11.3 Å². The molecule has 0 radical (unpaired) electrons. The molecule has 0 unspecified atom stereocenters. The highest BCUT2D eigenvalue weighted by molar-refractivity contribution is 7.09. The molecule has 0 spiro atoms. The van der Waals surface area contributed by atoms with Crippen LogP contribution in [0.15, 0.2) is 35.7 Å². The van der Waals surface area contributed by atoms with Crippen LogP contribution in [-0.2, 0) is 11.3 Å². The summed E-state index contributed by atoms with van der Waals surface area (Å²) in [7, 11) is 0. The molecular formula is C20H25N3OS. The van der Waals surface area contributed by atoms with Crippen molar-refractivity contribution in [2.75, 3.05) is 11.9 Å². The molecule has 132 valence electrons. The number of anilines is 1. The van der Waals surface area contributed by atoms with Crippen molar-refractivity contribution in [3.63, 3.8) is 0 Å². The van der Waals surface area contributed by atoms with Crippen LogP contribution in [0.5, 0.6) is 0 Å². The molecule has 1 aromatic carbocycles. The molecule has 5 heteroatoms. The third-order valence-corrected chi connectivity index (χ3v) is 6.40. The van der Waals surface area contributed by atoms with Gasteiger partial charge in [0.25, 0.3) is 0 Å². The molecular weight excluding hydrogens is 330 g/mol. The lowest BCUT2D eigenvalue weighted by molar-refractivity contribution is -0.120. The minimum Gasteiger partial charge on any atom is -0.325 e. The number of rotatable bonds is 5. The van der Waals surface area contributed by atoms with E-state index in [0.717, 1.165) is 37.3 Å². The first-order valence-corrected chi connectivity index (χ1v) is 10.2. The van der Waals surface area contributed by atoms with Gasteiger partial charge in [0.2, 0.25) is 5.91 Å². The van der Waals surface area contributed by atoms with Crippen molar-refractivity contribution in [3.05, 3.63) is 46.4 Å².